The topological polar surface area (TPSA) is 41.1 Å². The molecule has 0 aliphatic rings. The van der Waals surface area contributed by atoms with Crippen molar-refractivity contribution in [2.75, 3.05) is 11.9 Å². The number of nitrogens with one attached hydrogen (secondary N) is 2. The monoisotopic (exact) mass is 276 g/mol. The molecule has 3 nitrogen and oxygen atoms in total. The van der Waals surface area contributed by atoms with Gasteiger partial charge in [-0.05, 0) is 44.7 Å². The molecule has 0 aromatic heterocycles. The maximum atomic E-state index is 11.8. The number of para-hydroxylation sites is 1. The van der Waals surface area contributed by atoms with Crippen LogP contribution in [-0.2, 0) is 17.6 Å². The van der Waals surface area contributed by atoms with Crippen molar-refractivity contribution in [3.05, 3.63) is 29.3 Å². The molecule has 1 aromatic rings. The van der Waals surface area contributed by atoms with E-state index in [4.69, 9.17) is 0 Å². The molecule has 2 N–H and O–H groups in total. The summed E-state index contributed by atoms with van der Waals surface area (Å²) in [6.07, 6.45) is 2.51. The quantitative estimate of drug-likeness (QED) is 0.834. The summed E-state index contributed by atoms with van der Waals surface area (Å²) < 4.78 is 0. The molecule has 0 aliphatic carbocycles. The lowest BCUT2D eigenvalue weighted by atomic mass is 10.0. The predicted octanol–water partition coefficient (Wildman–Crippen LogP) is 3.53. The first-order valence-corrected chi connectivity index (χ1v) is 7.53. The Morgan fingerprint density at radius 1 is 1.10 bits per heavy atom. The number of carbonyl (C=O) groups is 1. The molecule has 0 aliphatic heterocycles. The second kappa shape index (κ2) is 7.32. The van der Waals surface area contributed by atoms with Crippen molar-refractivity contribution in [1.29, 1.82) is 0 Å². The second-order valence-corrected chi connectivity index (χ2v) is 6.13. The van der Waals surface area contributed by atoms with E-state index in [2.05, 4.69) is 42.7 Å². The van der Waals surface area contributed by atoms with Gasteiger partial charge in [-0.2, -0.15) is 0 Å². The van der Waals surface area contributed by atoms with Crippen LogP contribution in [0.5, 0.6) is 0 Å². The summed E-state index contributed by atoms with van der Waals surface area (Å²) in [5.74, 6) is 0.0945. The third kappa shape index (κ3) is 5.24. The maximum Gasteiger partial charge on any atom is 0.222 e. The summed E-state index contributed by atoms with van der Waals surface area (Å²) in [4.78, 5) is 11.8. The molecule has 0 bridgehead atoms. The van der Waals surface area contributed by atoms with Gasteiger partial charge in [-0.3, -0.25) is 4.79 Å². The molecule has 3 heteroatoms. The molecule has 0 atom stereocenters. The van der Waals surface area contributed by atoms with Crippen LogP contribution in [0.2, 0.25) is 0 Å². The third-order valence-electron chi connectivity index (χ3n) is 3.17. The van der Waals surface area contributed by atoms with Gasteiger partial charge in [-0.15, -0.1) is 0 Å². The Labute approximate surface area is 123 Å². The highest BCUT2D eigenvalue weighted by atomic mass is 16.1. The first-order chi connectivity index (χ1) is 9.37. The zero-order chi connectivity index (χ0) is 15.2. The predicted molar refractivity (Wildman–Crippen MR) is 86.2 cm³/mol. The van der Waals surface area contributed by atoms with Crippen molar-refractivity contribution in [2.45, 2.75) is 59.4 Å². The van der Waals surface area contributed by atoms with Gasteiger partial charge in [0.05, 0.1) is 0 Å². The molecule has 112 valence electrons. The standard InChI is InChI=1S/C17H28N2O/c1-6-13-9-8-10-14(7-2)16(13)18-12-11-15(20)19-17(3,4)5/h8-10,18H,6-7,11-12H2,1-5H3,(H,19,20). The minimum atomic E-state index is -0.160. The van der Waals surface area contributed by atoms with Crippen LogP contribution < -0.4 is 10.6 Å². The molecule has 0 unspecified atom stereocenters. The van der Waals surface area contributed by atoms with Gasteiger partial charge in [0.25, 0.3) is 0 Å². The lowest BCUT2D eigenvalue weighted by molar-refractivity contribution is -0.122. The molecule has 0 heterocycles. The van der Waals surface area contributed by atoms with E-state index in [0.29, 0.717) is 13.0 Å². The molecule has 20 heavy (non-hydrogen) atoms. The van der Waals surface area contributed by atoms with Crippen LogP contribution in [0.3, 0.4) is 0 Å². The minimum absolute atomic E-state index is 0.0945. The fraction of sp³-hybridized carbons (Fsp3) is 0.588. The van der Waals surface area contributed by atoms with Crippen molar-refractivity contribution in [3.8, 4) is 0 Å². The number of benzene rings is 1. The third-order valence-corrected chi connectivity index (χ3v) is 3.17. The Kier molecular flexibility index (Phi) is 6.05. The average Bonchev–Trinajstić information content (AvgIpc) is 2.36. The summed E-state index contributed by atoms with van der Waals surface area (Å²) >= 11 is 0. The minimum Gasteiger partial charge on any atom is -0.384 e. The smallest absolute Gasteiger partial charge is 0.222 e. The highest BCUT2D eigenvalue weighted by Gasteiger charge is 2.13. The van der Waals surface area contributed by atoms with Gasteiger partial charge in [0.15, 0.2) is 0 Å². The van der Waals surface area contributed by atoms with Gasteiger partial charge in [0.2, 0.25) is 5.91 Å². The molecule has 0 saturated heterocycles. The number of hydrogen-bond acceptors (Lipinski definition) is 2. The van der Waals surface area contributed by atoms with Gasteiger partial charge in [0, 0.05) is 24.2 Å². The summed E-state index contributed by atoms with van der Waals surface area (Å²) in [6, 6.07) is 6.41. The Morgan fingerprint density at radius 3 is 2.10 bits per heavy atom. The fourth-order valence-corrected chi connectivity index (χ4v) is 2.25. The maximum absolute atomic E-state index is 11.8. The van der Waals surface area contributed by atoms with Crippen LogP contribution in [0.4, 0.5) is 5.69 Å². The van der Waals surface area contributed by atoms with E-state index in [-0.39, 0.29) is 11.4 Å². The summed E-state index contributed by atoms with van der Waals surface area (Å²) in [7, 11) is 0. The van der Waals surface area contributed by atoms with Crippen molar-refractivity contribution in [2.24, 2.45) is 0 Å². The first-order valence-electron chi connectivity index (χ1n) is 7.53. The Morgan fingerprint density at radius 2 is 1.65 bits per heavy atom. The van der Waals surface area contributed by atoms with Gasteiger partial charge >= 0.3 is 0 Å². The number of hydrogen-bond donors (Lipinski definition) is 2. The van der Waals surface area contributed by atoms with E-state index in [1.54, 1.807) is 0 Å². The molecule has 1 amide bonds. The van der Waals surface area contributed by atoms with E-state index in [1.165, 1.54) is 16.8 Å². The van der Waals surface area contributed by atoms with Gasteiger partial charge < -0.3 is 10.6 Å². The van der Waals surface area contributed by atoms with E-state index in [1.807, 2.05) is 20.8 Å². The van der Waals surface area contributed by atoms with Crippen molar-refractivity contribution >= 4 is 11.6 Å². The van der Waals surface area contributed by atoms with Crippen LogP contribution in [0.15, 0.2) is 18.2 Å². The van der Waals surface area contributed by atoms with E-state index >= 15 is 0 Å². The summed E-state index contributed by atoms with van der Waals surface area (Å²) in [5, 5.41) is 6.42. The Hall–Kier alpha value is -1.51. The molecule has 1 rings (SSSR count). The highest BCUT2D eigenvalue weighted by Crippen LogP contribution is 2.22. The lowest BCUT2D eigenvalue weighted by Gasteiger charge is -2.21. The van der Waals surface area contributed by atoms with E-state index in [9.17, 15) is 4.79 Å². The normalized spacial score (nSPS) is 11.2. The SMILES string of the molecule is CCc1cccc(CC)c1NCCC(=O)NC(C)(C)C. The van der Waals surface area contributed by atoms with E-state index in [0.717, 1.165) is 12.8 Å². The number of rotatable bonds is 6. The molecular formula is C17H28N2O. The molecule has 0 spiro atoms. The largest absolute Gasteiger partial charge is 0.384 e. The molecule has 0 fully saturated rings. The van der Waals surface area contributed by atoms with Crippen LogP contribution in [-0.4, -0.2) is 18.0 Å². The average molecular weight is 276 g/mol. The molecular weight excluding hydrogens is 248 g/mol. The Bertz CT molecular complexity index is 425. The van der Waals surface area contributed by atoms with Crippen molar-refractivity contribution in [3.63, 3.8) is 0 Å². The summed E-state index contributed by atoms with van der Waals surface area (Å²) in [5.41, 5.74) is 3.69. The number of anilines is 1. The highest BCUT2D eigenvalue weighted by molar-refractivity contribution is 5.77. The number of amides is 1. The molecule has 1 aromatic carbocycles. The first kappa shape index (κ1) is 16.5. The van der Waals surface area contributed by atoms with Crippen molar-refractivity contribution in [1.82, 2.24) is 5.32 Å². The van der Waals surface area contributed by atoms with Crippen LogP contribution in [0.1, 0.15) is 52.2 Å². The number of aryl methyl sites for hydroxylation is 2. The lowest BCUT2D eigenvalue weighted by Crippen LogP contribution is -2.41. The fourth-order valence-electron chi connectivity index (χ4n) is 2.25. The second-order valence-electron chi connectivity index (χ2n) is 6.13. The van der Waals surface area contributed by atoms with Gasteiger partial charge in [-0.25, -0.2) is 0 Å². The van der Waals surface area contributed by atoms with Crippen LogP contribution in [0.25, 0.3) is 0 Å². The van der Waals surface area contributed by atoms with Crippen molar-refractivity contribution < 1.29 is 4.79 Å². The Balaban J connectivity index is 2.60. The van der Waals surface area contributed by atoms with Crippen LogP contribution >= 0.6 is 0 Å². The van der Waals surface area contributed by atoms with Gasteiger partial charge in [-0.1, -0.05) is 32.0 Å². The zero-order valence-corrected chi connectivity index (χ0v) is 13.5. The van der Waals surface area contributed by atoms with Crippen LogP contribution in [0, 0.1) is 0 Å². The molecule has 0 radical (unpaired) electrons. The van der Waals surface area contributed by atoms with E-state index < -0.39 is 0 Å². The zero-order valence-electron chi connectivity index (χ0n) is 13.5. The van der Waals surface area contributed by atoms with Gasteiger partial charge in [0.1, 0.15) is 0 Å². The molecule has 0 saturated carbocycles. The number of carbonyl (C=O) groups excluding carboxylic acids is 1. The summed E-state index contributed by atoms with van der Waals surface area (Å²) in [6.45, 7) is 11.0.